The van der Waals surface area contributed by atoms with Gasteiger partial charge >= 0.3 is 0 Å². The third-order valence-electron chi connectivity index (χ3n) is 14.4. The fourth-order valence-electron chi connectivity index (χ4n) is 10.4. The monoisotopic (exact) mass is 1020 g/mol. The van der Waals surface area contributed by atoms with E-state index in [1.807, 2.05) is 103 Å². The Balaban J connectivity index is 0.000000158. The predicted molar refractivity (Wildman–Crippen MR) is 308 cm³/mol. The van der Waals surface area contributed by atoms with Crippen LogP contribution in [0.1, 0.15) is 76.0 Å². The molecule has 0 amide bonds. The maximum absolute atomic E-state index is 6.02. The number of nitrogens with zero attached hydrogens (tertiary/aromatic N) is 11. The molecule has 2 aliphatic rings. The molecule has 14 heteroatoms. The molecule has 0 aliphatic carbocycles. The largest absolute Gasteiger partial charge is 0.358 e. The lowest BCUT2D eigenvalue weighted by Gasteiger charge is -2.23. The highest BCUT2D eigenvalue weighted by atomic mass is 16.5. The van der Waals surface area contributed by atoms with E-state index < -0.39 is 0 Å². The summed E-state index contributed by atoms with van der Waals surface area (Å²) in [6.07, 6.45) is 30.6. The minimum atomic E-state index is -0.0522. The van der Waals surface area contributed by atoms with Crippen molar-refractivity contribution >= 4 is 67.6 Å². The van der Waals surface area contributed by atoms with Crippen LogP contribution in [0.5, 0.6) is 0 Å². The summed E-state index contributed by atoms with van der Waals surface area (Å²) in [5, 5.41) is 11.2. The number of ether oxygens (including phenoxy) is 1. The van der Waals surface area contributed by atoms with Crippen molar-refractivity contribution in [3.05, 3.63) is 203 Å². The molecule has 1 atom stereocenters. The van der Waals surface area contributed by atoms with Crippen LogP contribution in [0.25, 0.3) is 55.2 Å². The van der Waals surface area contributed by atoms with Crippen LogP contribution in [0.15, 0.2) is 158 Å². The van der Waals surface area contributed by atoms with Crippen molar-refractivity contribution in [3.63, 3.8) is 0 Å². The molecule has 7 aromatic heterocycles. The quantitative estimate of drug-likeness (QED) is 0.118. The third-order valence-corrected chi connectivity index (χ3v) is 14.4. The molecule has 2 N–H and O–H groups in total. The van der Waals surface area contributed by atoms with Gasteiger partial charge in [-0.1, -0.05) is 48.2 Å². The van der Waals surface area contributed by atoms with Crippen molar-refractivity contribution in [3.8, 4) is 47.2 Å². The molecule has 4 aromatic carbocycles. The summed E-state index contributed by atoms with van der Waals surface area (Å²) in [6.45, 7) is 5.02. The Bertz CT molecular complexity index is 4200. The Hall–Kier alpha value is -10.0. The van der Waals surface area contributed by atoms with Gasteiger partial charge in [0.1, 0.15) is 53.1 Å². The normalized spacial score (nSPS) is 13.6. The van der Waals surface area contributed by atoms with Crippen LogP contribution in [0.3, 0.4) is 0 Å². The topological polar surface area (TPSA) is 167 Å². The van der Waals surface area contributed by atoms with Crippen molar-refractivity contribution in [1.82, 2.24) is 49.4 Å². The smallest absolute Gasteiger partial charge is 0.165 e. The molecule has 1 saturated heterocycles. The summed E-state index contributed by atoms with van der Waals surface area (Å²) in [5.41, 5.74) is 16.9. The van der Waals surface area contributed by atoms with Gasteiger partial charge in [-0.25, -0.2) is 34.9 Å². The van der Waals surface area contributed by atoms with Gasteiger partial charge < -0.3 is 15.4 Å². The predicted octanol–water partition coefficient (Wildman–Crippen LogP) is 12.7. The summed E-state index contributed by atoms with van der Waals surface area (Å²) >= 11 is 0. The highest BCUT2D eigenvalue weighted by Gasteiger charge is 2.24. The lowest BCUT2D eigenvalue weighted by atomic mass is 9.94. The van der Waals surface area contributed by atoms with Crippen molar-refractivity contribution < 1.29 is 4.74 Å². The van der Waals surface area contributed by atoms with E-state index in [-0.39, 0.29) is 6.23 Å². The number of nitrogens with one attached hydrogen (secondary N) is 2. The first-order valence-electron chi connectivity index (χ1n) is 25.9. The standard InChI is InChI=1S/C34H29N7O.C30H22N6/c1-3-23-8-6-9-24(18-23)40-33-26-13-12-22(2)28(25(26)14-16-36-33)19-29-27(10-7-15-35-29)31-32-34(38-20-37-31)41(21-39-32)30-11-4-5-17-42-30;1-3-20-6-4-7-21(16-20)36-30-23-10-9-19(2)25(22(23)11-14-33-30)17-27-24(8-5-13-31-27)28-29-26(12-15-32-29)34-18-35-28/h1,6-10,12-16,18,20-21,30H,4-5,11,17,19H2,2H3,(H,36,40);1,4-11,13-16,18H,12,17H2,2H3,(H,33,36). The Morgan fingerprint density at radius 2 is 1.19 bits per heavy atom. The SMILES string of the molecule is C#Cc1cccc(Nc2nccc3c(Cc4ncccc4-c4ncnc5c4N=CC5)c(C)ccc23)c1.C#Cc1cccc(Nc2nccc3c(Cc4ncccc4-c4ncnc5c4ncn5C4CCCCO4)c(C)ccc23)c1. The minimum absolute atomic E-state index is 0.0522. The maximum atomic E-state index is 6.02. The molecule has 1 fully saturated rings. The number of benzene rings is 4. The highest BCUT2D eigenvalue weighted by molar-refractivity contribution is 5.98. The molecule has 78 heavy (non-hydrogen) atoms. The lowest BCUT2D eigenvalue weighted by molar-refractivity contribution is -0.0298. The Morgan fingerprint density at radius 3 is 1.79 bits per heavy atom. The van der Waals surface area contributed by atoms with Gasteiger partial charge in [0.05, 0.1) is 23.4 Å². The summed E-state index contributed by atoms with van der Waals surface area (Å²) < 4.78 is 8.06. The average molecular weight is 1020 g/mol. The van der Waals surface area contributed by atoms with Crippen LogP contribution in [0.4, 0.5) is 28.7 Å². The van der Waals surface area contributed by atoms with Crippen LogP contribution in [-0.2, 0) is 24.0 Å². The zero-order chi connectivity index (χ0) is 53.0. The number of fused-ring (bicyclic) bond motifs is 4. The number of imidazole rings is 1. The summed E-state index contributed by atoms with van der Waals surface area (Å²) in [6, 6.07) is 36.2. The third kappa shape index (κ3) is 9.76. The zero-order valence-electron chi connectivity index (χ0n) is 43.0. The molecule has 0 radical (unpaired) electrons. The Kier molecular flexibility index (Phi) is 13.6. The first-order valence-corrected chi connectivity index (χ1v) is 25.9. The molecule has 9 heterocycles. The van der Waals surface area contributed by atoms with E-state index in [9.17, 15) is 0 Å². The van der Waals surface area contributed by atoms with Gasteiger partial charge in [-0.15, -0.1) is 12.8 Å². The maximum Gasteiger partial charge on any atom is 0.165 e. The average Bonchev–Trinajstić information content (AvgIpc) is 4.19. The number of aliphatic imine (C=N–C) groups is 1. The second kappa shape index (κ2) is 21.7. The van der Waals surface area contributed by atoms with E-state index in [4.69, 9.17) is 37.5 Å². The first kappa shape index (κ1) is 48.9. The van der Waals surface area contributed by atoms with Gasteiger partial charge in [-0.2, -0.15) is 0 Å². The number of aryl methyl sites for hydroxylation is 2. The van der Waals surface area contributed by atoms with Crippen molar-refractivity contribution in [2.24, 2.45) is 4.99 Å². The molecule has 2 aliphatic heterocycles. The van der Waals surface area contributed by atoms with Gasteiger partial charge in [0.25, 0.3) is 0 Å². The number of anilines is 4. The van der Waals surface area contributed by atoms with E-state index in [1.54, 1.807) is 12.7 Å². The summed E-state index contributed by atoms with van der Waals surface area (Å²) in [4.78, 5) is 46.5. The minimum Gasteiger partial charge on any atom is -0.358 e. The van der Waals surface area contributed by atoms with E-state index >= 15 is 0 Å². The van der Waals surface area contributed by atoms with Gasteiger partial charge in [0, 0.05) is 101 Å². The van der Waals surface area contributed by atoms with Crippen LogP contribution in [0.2, 0.25) is 0 Å². The molecule has 0 saturated carbocycles. The molecule has 14 nitrogen and oxygen atoms in total. The Morgan fingerprint density at radius 1 is 0.590 bits per heavy atom. The number of terminal acetylenes is 2. The number of aromatic nitrogens is 10. The van der Waals surface area contributed by atoms with E-state index in [2.05, 4.69) is 115 Å². The van der Waals surface area contributed by atoms with Crippen LogP contribution in [0, 0.1) is 38.5 Å². The molecule has 0 bridgehead atoms. The van der Waals surface area contributed by atoms with Gasteiger partial charge in [-0.3, -0.25) is 19.5 Å². The van der Waals surface area contributed by atoms with E-state index in [0.29, 0.717) is 12.8 Å². The van der Waals surface area contributed by atoms with Crippen molar-refractivity contribution in [1.29, 1.82) is 0 Å². The fourth-order valence-corrected chi connectivity index (χ4v) is 10.4. The van der Waals surface area contributed by atoms with Crippen LogP contribution >= 0.6 is 0 Å². The van der Waals surface area contributed by atoms with Crippen molar-refractivity contribution in [2.45, 2.75) is 58.6 Å². The van der Waals surface area contributed by atoms with Crippen LogP contribution in [-0.4, -0.2) is 62.2 Å². The molecule has 1 unspecified atom stereocenters. The Labute approximate surface area is 451 Å². The molecular formula is C64H51N13O. The lowest BCUT2D eigenvalue weighted by Crippen LogP contribution is -2.17. The second-order valence-corrected chi connectivity index (χ2v) is 19.2. The number of hydrogen-bond donors (Lipinski definition) is 2. The second-order valence-electron chi connectivity index (χ2n) is 19.2. The number of pyridine rings is 4. The number of hydrogen-bond acceptors (Lipinski definition) is 13. The molecular weight excluding hydrogens is 967 g/mol. The zero-order valence-corrected chi connectivity index (χ0v) is 43.0. The van der Waals surface area contributed by atoms with E-state index in [0.717, 1.165) is 144 Å². The van der Waals surface area contributed by atoms with Gasteiger partial charge in [0.15, 0.2) is 5.65 Å². The van der Waals surface area contributed by atoms with Crippen molar-refractivity contribution in [2.75, 3.05) is 17.2 Å². The molecule has 0 spiro atoms. The summed E-state index contributed by atoms with van der Waals surface area (Å²) in [7, 11) is 0. The number of rotatable bonds is 11. The molecule has 378 valence electrons. The van der Waals surface area contributed by atoms with Crippen LogP contribution < -0.4 is 10.6 Å². The first-order chi connectivity index (χ1) is 38.4. The van der Waals surface area contributed by atoms with Gasteiger partial charge in [-0.05, 0) is 139 Å². The highest BCUT2D eigenvalue weighted by Crippen LogP contribution is 2.38. The molecule has 11 aromatic rings. The van der Waals surface area contributed by atoms with E-state index in [1.165, 1.54) is 22.3 Å². The fraction of sp³-hybridized carbons (Fsp3) is 0.156. The molecule has 13 rings (SSSR count). The summed E-state index contributed by atoms with van der Waals surface area (Å²) in [5.74, 6) is 6.94. The van der Waals surface area contributed by atoms with Gasteiger partial charge in [0.2, 0.25) is 0 Å².